The Morgan fingerprint density at radius 2 is 1.89 bits per heavy atom. The van der Waals surface area contributed by atoms with E-state index in [0.717, 1.165) is 11.4 Å². The number of hydrogen-bond acceptors (Lipinski definition) is 4. The largest absolute Gasteiger partial charge is 0.337 e. The third kappa shape index (κ3) is 2.16. The van der Waals surface area contributed by atoms with Crippen molar-refractivity contribution < 1.29 is 4.52 Å². The van der Waals surface area contributed by atoms with E-state index in [1.807, 2.05) is 30.3 Å². The summed E-state index contributed by atoms with van der Waals surface area (Å²) in [6.07, 6.45) is 4.86. The van der Waals surface area contributed by atoms with E-state index in [1.54, 1.807) is 0 Å². The van der Waals surface area contributed by atoms with Gasteiger partial charge in [-0.25, -0.2) is 0 Å². The highest BCUT2D eigenvalue weighted by atomic mass is 16.5. The molecule has 3 rings (SSSR count). The molecular weight excluding hydrogens is 226 g/mol. The SMILES string of the molecule is N[C@H](c1ccccc1)c1nc(C2CCCC2)no1. The van der Waals surface area contributed by atoms with Crippen molar-refractivity contribution in [1.29, 1.82) is 0 Å². The molecular formula is C14H17N3O. The van der Waals surface area contributed by atoms with Gasteiger partial charge in [-0.1, -0.05) is 48.3 Å². The second kappa shape index (κ2) is 4.90. The molecule has 1 aromatic heterocycles. The van der Waals surface area contributed by atoms with E-state index < -0.39 is 0 Å². The van der Waals surface area contributed by atoms with Crippen LogP contribution >= 0.6 is 0 Å². The molecule has 0 saturated heterocycles. The van der Waals surface area contributed by atoms with E-state index >= 15 is 0 Å². The van der Waals surface area contributed by atoms with Crippen LogP contribution in [-0.2, 0) is 0 Å². The van der Waals surface area contributed by atoms with E-state index in [9.17, 15) is 0 Å². The zero-order valence-electron chi connectivity index (χ0n) is 10.2. The Kier molecular flexibility index (Phi) is 3.11. The average molecular weight is 243 g/mol. The van der Waals surface area contributed by atoms with Crippen molar-refractivity contribution in [2.45, 2.75) is 37.6 Å². The Hall–Kier alpha value is -1.68. The number of aromatic nitrogens is 2. The van der Waals surface area contributed by atoms with Crippen LogP contribution in [0.5, 0.6) is 0 Å². The summed E-state index contributed by atoms with van der Waals surface area (Å²) in [5.74, 6) is 1.81. The van der Waals surface area contributed by atoms with Gasteiger partial charge in [-0.05, 0) is 18.4 Å². The van der Waals surface area contributed by atoms with Crippen molar-refractivity contribution in [1.82, 2.24) is 10.1 Å². The van der Waals surface area contributed by atoms with Crippen LogP contribution in [0.4, 0.5) is 0 Å². The number of rotatable bonds is 3. The lowest BCUT2D eigenvalue weighted by molar-refractivity contribution is 0.359. The first-order valence-corrected chi connectivity index (χ1v) is 6.48. The second-order valence-electron chi connectivity index (χ2n) is 4.86. The molecule has 0 aliphatic heterocycles. The van der Waals surface area contributed by atoms with Crippen molar-refractivity contribution in [3.05, 3.63) is 47.6 Å². The molecule has 1 aromatic carbocycles. The van der Waals surface area contributed by atoms with Gasteiger partial charge in [0.2, 0.25) is 5.89 Å². The van der Waals surface area contributed by atoms with Crippen LogP contribution in [0.1, 0.15) is 54.9 Å². The molecule has 2 aromatic rings. The zero-order valence-corrected chi connectivity index (χ0v) is 10.2. The normalized spacial score (nSPS) is 18.1. The highest BCUT2D eigenvalue weighted by Gasteiger charge is 2.24. The van der Waals surface area contributed by atoms with Gasteiger partial charge in [0.25, 0.3) is 0 Å². The maximum Gasteiger partial charge on any atom is 0.248 e. The van der Waals surface area contributed by atoms with Gasteiger partial charge in [-0.2, -0.15) is 4.98 Å². The molecule has 2 N–H and O–H groups in total. The number of nitrogens with two attached hydrogens (primary N) is 1. The van der Waals surface area contributed by atoms with Gasteiger partial charge in [0.05, 0.1) is 0 Å². The Balaban J connectivity index is 1.80. The Bertz CT molecular complexity index is 503. The summed E-state index contributed by atoms with van der Waals surface area (Å²) in [6.45, 7) is 0. The van der Waals surface area contributed by atoms with E-state index in [2.05, 4.69) is 10.1 Å². The molecule has 1 saturated carbocycles. The quantitative estimate of drug-likeness (QED) is 0.900. The second-order valence-corrected chi connectivity index (χ2v) is 4.86. The first kappa shape index (κ1) is 11.4. The van der Waals surface area contributed by atoms with Crippen molar-refractivity contribution >= 4 is 0 Å². The van der Waals surface area contributed by atoms with Gasteiger partial charge in [0.1, 0.15) is 6.04 Å². The smallest absolute Gasteiger partial charge is 0.248 e. The summed E-state index contributed by atoms with van der Waals surface area (Å²) in [4.78, 5) is 4.47. The molecule has 0 unspecified atom stereocenters. The summed E-state index contributed by atoms with van der Waals surface area (Å²) in [5, 5.41) is 4.08. The maximum absolute atomic E-state index is 6.13. The molecule has 1 fully saturated rings. The van der Waals surface area contributed by atoms with Gasteiger partial charge in [-0.3, -0.25) is 0 Å². The van der Waals surface area contributed by atoms with Crippen LogP contribution < -0.4 is 5.73 Å². The standard InChI is InChI=1S/C14H17N3O/c15-12(10-6-2-1-3-7-10)14-16-13(17-18-14)11-8-4-5-9-11/h1-3,6-7,11-12H,4-5,8-9,15H2/t12-/m1/s1. The van der Waals surface area contributed by atoms with Crippen LogP contribution in [0.3, 0.4) is 0 Å². The van der Waals surface area contributed by atoms with Crippen LogP contribution in [-0.4, -0.2) is 10.1 Å². The van der Waals surface area contributed by atoms with E-state index in [4.69, 9.17) is 10.3 Å². The molecule has 18 heavy (non-hydrogen) atoms. The van der Waals surface area contributed by atoms with Crippen LogP contribution in [0.15, 0.2) is 34.9 Å². The van der Waals surface area contributed by atoms with Crippen molar-refractivity contribution in [3.63, 3.8) is 0 Å². The van der Waals surface area contributed by atoms with Crippen molar-refractivity contribution in [2.75, 3.05) is 0 Å². The summed E-state index contributed by atoms with van der Waals surface area (Å²) < 4.78 is 5.31. The Morgan fingerprint density at radius 1 is 1.17 bits per heavy atom. The van der Waals surface area contributed by atoms with E-state index in [-0.39, 0.29) is 6.04 Å². The fourth-order valence-corrected chi connectivity index (χ4v) is 2.53. The predicted octanol–water partition coefficient (Wildman–Crippen LogP) is 2.78. The summed E-state index contributed by atoms with van der Waals surface area (Å²) in [5.41, 5.74) is 7.13. The molecule has 4 heteroatoms. The first-order valence-electron chi connectivity index (χ1n) is 6.48. The van der Waals surface area contributed by atoms with E-state index in [1.165, 1.54) is 25.7 Å². The maximum atomic E-state index is 6.13. The average Bonchev–Trinajstić information content (AvgIpc) is 3.09. The molecule has 1 atom stereocenters. The lowest BCUT2D eigenvalue weighted by Crippen LogP contribution is -2.12. The molecule has 4 nitrogen and oxygen atoms in total. The molecule has 0 bridgehead atoms. The summed E-state index contributed by atoms with van der Waals surface area (Å²) >= 11 is 0. The third-order valence-corrected chi connectivity index (χ3v) is 3.60. The highest BCUT2D eigenvalue weighted by molar-refractivity contribution is 5.23. The molecule has 1 aliphatic rings. The predicted molar refractivity (Wildman–Crippen MR) is 68.0 cm³/mol. The van der Waals surface area contributed by atoms with E-state index in [0.29, 0.717) is 11.8 Å². The summed E-state index contributed by atoms with van der Waals surface area (Å²) in [6, 6.07) is 9.52. The van der Waals surface area contributed by atoms with Gasteiger partial charge >= 0.3 is 0 Å². The lowest BCUT2D eigenvalue weighted by Gasteiger charge is -2.06. The van der Waals surface area contributed by atoms with Crippen LogP contribution in [0, 0.1) is 0 Å². The molecule has 94 valence electrons. The summed E-state index contributed by atoms with van der Waals surface area (Å²) in [7, 11) is 0. The van der Waals surface area contributed by atoms with Crippen LogP contribution in [0.25, 0.3) is 0 Å². The minimum atomic E-state index is -0.325. The fraction of sp³-hybridized carbons (Fsp3) is 0.429. The van der Waals surface area contributed by atoms with Crippen molar-refractivity contribution in [2.24, 2.45) is 5.73 Å². The topological polar surface area (TPSA) is 64.9 Å². The van der Waals surface area contributed by atoms with Gasteiger partial charge in [-0.15, -0.1) is 0 Å². The number of hydrogen-bond donors (Lipinski definition) is 1. The monoisotopic (exact) mass is 243 g/mol. The Morgan fingerprint density at radius 3 is 2.61 bits per heavy atom. The lowest BCUT2D eigenvalue weighted by atomic mass is 10.1. The molecule has 0 spiro atoms. The Labute approximate surface area is 106 Å². The van der Waals surface area contributed by atoms with Gasteiger partial charge in [0.15, 0.2) is 5.82 Å². The molecule has 0 radical (unpaired) electrons. The first-order chi connectivity index (χ1) is 8.84. The molecule has 1 heterocycles. The van der Waals surface area contributed by atoms with Crippen molar-refractivity contribution in [3.8, 4) is 0 Å². The molecule has 0 amide bonds. The number of nitrogens with zero attached hydrogens (tertiary/aromatic N) is 2. The third-order valence-electron chi connectivity index (χ3n) is 3.60. The fourth-order valence-electron chi connectivity index (χ4n) is 2.53. The van der Waals surface area contributed by atoms with Gasteiger partial charge in [0, 0.05) is 5.92 Å². The molecule has 1 aliphatic carbocycles. The van der Waals surface area contributed by atoms with Gasteiger partial charge < -0.3 is 10.3 Å². The highest BCUT2D eigenvalue weighted by Crippen LogP contribution is 2.32. The zero-order chi connectivity index (χ0) is 12.4. The minimum Gasteiger partial charge on any atom is -0.337 e. The van der Waals surface area contributed by atoms with Crippen LogP contribution in [0.2, 0.25) is 0 Å². The number of benzene rings is 1. The minimum absolute atomic E-state index is 0.325.